The molecule has 2 N–H and O–H groups in total. The summed E-state index contributed by atoms with van der Waals surface area (Å²) in [6, 6.07) is 3.75. The minimum atomic E-state index is -0.363. The Hall–Kier alpha value is -2.31. The van der Waals surface area contributed by atoms with Crippen LogP contribution >= 0.6 is 11.6 Å². The minimum absolute atomic E-state index is 0.169. The zero-order chi connectivity index (χ0) is 14.6. The maximum atomic E-state index is 11.4. The molecule has 1 aliphatic carbocycles. The zero-order valence-corrected chi connectivity index (χ0v) is 11.4. The third-order valence-corrected chi connectivity index (χ3v) is 3.35. The number of hydrogen-bond donors (Lipinski definition) is 2. The van der Waals surface area contributed by atoms with Crippen molar-refractivity contribution in [1.29, 1.82) is 5.26 Å². The molecule has 0 saturated heterocycles. The van der Waals surface area contributed by atoms with E-state index in [0.717, 1.165) is 12.8 Å². The topological polar surface area (TPSA) is 82.2 Å². The van der Waals surface area contributed by atoms with Crippen molar-refractivity contribution in [2.45, 2.75) is 12.8 Å². The molecular weight excluding hydrogens is 278 g/mol. The number of carbonyl (C=O) groups is 1. The third-order valence-electron chi connectivity index (χ3n) is 3.11. The van der Waals surface area contributed by atoms with Gasteiger partial charge in [-0.2, -0.15) is 5.26 Å². The molecule has 6 nitrogen and oxygen atoms in total. The molecule has 102 valence electrons. The number of carbonyl (C=O) groups excluding carboxylic acids is 1. The highest BCUT2D eigenvalue weighted by Crippen LogP contribution is 2.45. The molecule has 1 heterocycles. The molecule has 7 heteroatoms. The lowest BCUT2D eigenvalue weighted by molar-refractivity contribution is -0.113. The second-order valence-corrected chi connectivity index (χ2v) is 4.89. The molecule has 0 spiro atoms. The van der Waals surface area contributed by atoms with Gasteiger partial charge in [0.1, 0.15) is 12.1 Å². The van der Waals surface area contributed by atoms with Gasteiger partial charge in [0.05, 0.1) is 22.9 Å². The normalized spacial score (nSPS) is 14.8. The Morgan fingerprint density at radius 2 is 2.35 bits per heavy atom. The van der Waals surface area contributed by atoms with Crippen LogP contribution in [0.1, 0.15) is 12.8 Å². The first-order valence-corrected chi connectivity index (χ1v) is 6.54. The van der Waals surface area contributed by atoms with Gasteiger partial charge in [-0.3, -0.25) is 4.79 Å². The lowest BCUT2D eigenvalue weighted by atomic mass is 10.1. The van der Waals surface area contributed by atoms with Crippen molar-refractivity contribution >= 4 is 34.7 Å². The van der Waals surface area contributed by atoms with Crippen molar-refractivity contribution in [2.75, 3.05) is 23.1 Å². The van der Waals surface area contributed by atoms with Crippen molar-refractivity contribution in [3.05, 3.63) is 23.7 Å². The van der Waals surface area contributed by atoms with Crippen LogP contribution in [-0.4, -0.2) is 23.3 Å². The summed E-state index contributed by atoms with van der Waals surface area (Å²) in [7, 11) is 0. The fraction of sp³-hybridized carbons (Fsp3) is 0.385. The van der Waals surface area contributed by atoms with Gasteiger partial charge < -0.3 is 15.5 Å². The number of nitrogens with one attached hydrogen (secondary N) is 2. The Bertz CT molecular complexity index is 612. The number of alkyl halides is 1. The van der Waals surface area contributed by atoms with Crippen molar-refractivity contribution in [3.63, 3.8) is 0 Å². The number of aromatic nitrogens is 1. The second kappa shape index (κ2) is 5.77. The number of nitriles is 1. The van der Waals surface area contributed by atoms with Gasteiger partial charge in [-0.05, 0) is 18.9 Å². The van der Waals surface area contributed by atoms with E-state index in [2.05, 4.69) is 26.5 Å². The number of halogens is 1. The highest BCUT2D eigenvalue weighted by Gasteiger charge is 2.43. The first-order chi connectivity index (χ1) is 9.62. The largest absolute Gasteiger partial charge is 0.379 e. The van der Waals surface area contributed by atoms with E-state index >= 15 is 0 Å². The monoisotopic (exact) mass is 289 g/mol. The van der Waals surface area contributed by atoms with E-state index in [1.54, 1.807) is 0 Å². The summed E-state index contributed by atoms with van der Waals surface area (Å²) in [5, 5.41) is 14.7. The fourth-order valence-electron chi connectivity index (χ4n) is 1.68. The Morgan fingerprint density at radius 1 is 1.60 bits per heavy atom. The van der Waals surface area contributed by atoms with Crippen LogP contribution in [0.2, 0.25) is 0 Å². The fourth-order valence-corrected chi connectivity index (χ4v) is 1.74. The predicted octanol–water partition coefficient (Wildman–Crippen LogP) is 2.53. The van der Waals surface area contributed by atoms with Gasteiger partial charge in [0, 0.05) is 6.54 Å². The quantitative estimate of drug-likeness (QED) is 0.644. The first-order valence-electron chi connectivity index (χ1n) is 6.01. The van der Waals surface area contributed by atoms with E-state index in [-0.39, 0.29) is 23.0 Å². The van der Waals surface area contributed by atoms with E-state index in [1.165, 1.54) is 12.3 Å². The number of amides is 1. The smallest absolute Gasteiger partial charge is 0.271 e. The lowest BCUT2D eigenvalue weighted by Crippen LogP contribution is -2.17. The van der Waals surface area contributed by atoms with E-state index in [4.69, 9.17) is 23.4 Å². The van der Waals surface area contributed by atoms with Gasteiger partial charge in [-0.1, -0.05) is 6.57 Å². The van der Waals surface area contributed by atoms with Crippen LogP contribution in [0.25, 0.3) is 4.85 Å². The Morgan fingerprint density at radius 3 is 2.90 bits per heavy atom. The van der Waals surface area contributed by atoms with Gasteiger partial charge in [0.25, 0.3) is 5.82 Å². The first kappa shape index (κ1) is 14.1. The van der Waals surface area contributed by atoms with Crippen molar-refractivity contribution in [2.24, 2.45) is 5.41 Å². The molecule has 0 aliphatic heterocycles. The molecule has 1 fully saturated rings. The molecule has 1 amide bonds. The standard InChI is InChI=1S/C13H12ClN5O/c1-16-11-4-9(19-12(20)5-14)10(6-17-11)18-8-13(7-15)2-3-13/h4,6,18H,2-3,5,8H2,(H,17,19,20). The number of hydrogen-bond acceptors (Lipinski definition) is 4. The average Bonchev–Trinajstić information content (AvgIpc) is 3.26. The summed E-state index contributed by atoms with van der Waals surface area (Å²) in [5.74, 6) is -0.350. The van der Waals surface area contributed by atoms with Crippen molar-refractivity contribution in [3.8, 4) is 6.07 Å². The predicted molar refractivity (Wildman–Crippen MR) is 75.6 cm³/mol. The molecule has 0 atom stereocenters. The van der Waals surface area contributed by atoms with Gasteiger partial charge in [0.15, 0.2) is 0 Å². The van der Waals surface area contributed by atoms with Crippen LogP contribution in [-0.2, 0) is 4.79 Å². The molecule has 1 saturated carbocycles. The van der Waals surface area contributed by atoms with Crippen LogP contribution in [0, 0.1) is 23.3 Å². The van der Waals surface area contributed by atoms with Crippen LogP contribution in [0.4, 0.5) is 17.2 Å². The number of nitrogens with zero attached hydrogens (tertiary/aromatic N) is 3. The maximum absolute atomic E-state index is 11.4. The molecule has 0 unspecified atom stereocenters. The molecule has 1 aromatic rings. The molecule has 2 rings (SSSR count). The second-order valence-electron chi connectivity index (χ2n) is 4.63. The third kappa shape index (κ3) is 3.17. The highest BCUT2D eigenvalue weighted by atomic mass is 35.5. The van der Waals surface area contributed by atoms with Gasteiger partial charge in [0.2, 0.25) is 5.91 Å². The van der Waals surface area contributed by atoms with E-state index in [9.17, 15) is 4.79 Å². The van der Waals surface area contributed by atoms with Crippen LogP contribution in [0.5, 0.6) is 0 Å². The molecule has 0 radical (unpaired) electrons. The molecular formula is C13H12ClN5O. The Kier molecular flexibility index (Phi) is 4.07. The minimum Gasteiger partial charge on any atom is -0.379 e. The van der Waals surface area contributed by atoms with Crippen molar-refractivity contribution in [1.82, 2.24) is 4.98 Å². The van der Waals surface area contributed by atoms with Crippen LogP contribution in [0.3, 0.4) is 0 Å². The summed E-state index contributed by atoms with van der Waals surface area (Å²) in [4.78, 5) is 18.6. The molecule has 1 aliphatic rings. The Labute approximate surface area is 121 Å². The SMILES string of the molecule is [C-]#[N+]c1cc(NC(=O)CCl)c(NCC2(C#N)CC2)cn1. The molecule has 1 aromatic heterocycles. The Balaban J connectivity index is 2.16. The summed E-state index contributed by atoms with van der Waals surface area (Å²) < 4.78 is 0. The maximum Gasteiger partial charge on any atom is 0.271 e. The highest BCUT2D eigenvalue weighted by molar-refractivity contribution is 6.29. The zero-order valence-electron chi connectivity index (χ0n) is 10.6. The number of anilines is 2. The summed E-state index contributed by atoms with van der Waals surface area (Å²) in [5.41, 5.74) is 0.717. The number of pyridine rings is 1. The molecule has 20 heavy (non-hydrogen) atoms. The number of rotatable bonds is 5. The van der Waals surface area contributed by atoms with Gasteiger partial charge in [-0.25, -0.2) is 0 Å². The van der Waals surface area contributed by atoms with Gasteiger partial charge >= 0.3 is 0 Å². The summed E-state index contributed by atoms with van der Waals surface area (Å²) in [6.45, 7) is 7.43. The van der Waals surface area contributed by atoms with Crippen molar-refractivity contribution < 1.29 is 4.79 Å². The molecule has 0 aromatic carbocycles. The van der Waals surface area contributed by atoms with Gasteiger partial charge in [-0.15, -0.1) is 16.6 Å². The van der Waals surface area contributed by atoms with Crippen LogP contribution in [0.15, 0.2) is 12.3 Å². The summed E-state index contributed by atoms with van der Waals surface area (Å²) in [6.07, 6.45) is 3.21. The van der Waals surface area contributed by atoms with E-state index in [1.807, 2.05) is 0 Å². The molecule has 0 bridgehead atoms. The lowest BCUT2D eigenvalue weighted by Gasteiger charge is -2.13. The average molecular weight is 290 g/mol. The summed E-state index contributed by atoms with van der Waals surface area (Å²) >= 11 is 5.46. The van der Waals surface area contributed by atoms with E-state index in [0.29, 0.717) is 17.9 Å². The van der Waals surface area contributed by atoms with Crippen LogP contribution < -0.4 is 10.6 Å². The van der Waals surface area contributed by atoms with E-state index < -0.39 is 0 Å².